The summed E-state index contributed by atoms with van der Waals surface area (Å²) >= 11 is 0. The summed E-state index contributed by atoms with van der Waals surface area (Å²) in [5, 5.41) is 7.43. The van der Waals surface area contributed by atoms with Crippen LogP contribution in [0.5, 0.6) is 0 Å². The molecule has 1 N–H and O–H groups in total. The lowest BCUT2D eigenvalue weighted by atomic mass is 10.0. The molecule has 0 bridgehead atoms. The summed E-state index contributed by atoms with van der Waals surface area (Å²) in [5.41, 5.74) is 4.05. The number of anilines is 2. The standard InChI is InChI=1S/C26H26N6O3/c1-18(33)31-13-15-32(16-14-31)25(34)20-7-9-21(10-8-20)28-26-27-12-11-22(29-26)24-17-23(30-35-24)19-5-3-2-4-6-19/h2-12,24H,13-17H2,1H3,(H,27,28,29). The molecule has 3 aromatic rings. The number of hydrogen-bond donors (Lipinski definition) is 1. The van der Waals surface area contributed by atoms with Crippen molar-refractivity contribution in [2.45, 2.75) is 19.4 Å². The summed E-state index contributed by atoms with van der Waals surface area (Å²) in [4.78, 5) is 42.4. The second-order valence-electron chi connectivity index (χ2n) is 8.51. The number of carbonyl (C=O) groups is 2. The number of nitrogens with one attached hydrogen (secondary N) is 1. The lowest BCUT2D eigenvalue weighted by molar-refractivity contribution is -0.130. The van der Waals surface area contributed by atoms with Crippen molar-refractivity contribution in [2.24, 2.45) is 5.16 Å². The quantitative estimate of drug-likeness (QED) is 0.614. The highest BCUT2D eigenvalue weighted by Crippen LogP contribution is 2.29. The third-order valence-corrected chi connectivity index (χ3v) is 6.18. The molecule has 1 atom stereocenters. The number of piperazine rings is 1. The van der Waals surface area contributed by atoms with Crippen molar-refractivity contribution < 1.29 is 14.4 Å². The zero-order valence-corrected chi connectivity index (χ0v) is 19.4. The van der Waals surface area contributed by atoms with Crippen molar-refractivity contribution >= 4 is 29.2 Å². The largest absolute Gasteiger partial charge is 0.385 e. The number of carbonyl (C=O) groups excluding carboxylic acids is 2. The van der Waals surface area contributed by atoms with Gasteiger partial charge < -0.3 is 20.0 Å². The molecule has 1 aromatic heterocycles. The Bertz CT molecular complexity index is 1240. The smallest absolute Gasteiger partial charge is 0.253 e. The van der Waals surface area contributed by atoms with Crippen molar-refractivity contribution in [3.05, 3.63) is 83.7 Å². The van der Waals surface area contributed by atoms with Crippen molar-refractivity contribution in [1.82, 2.24) is 19.8 Å². The Labute approximate surface area is 203 Å². The lowest BCUT2D eigenvalue weighted by Crippen LogP contribution is -2.50. The van der Waals surface area contributed by atoms with E-state index in [1.165, 1.54) is 0 Å². The predicted octanol–water partition coefficient (Wildman–Crippen LogP) is 3.39. The van der Waals surface area contributed by atoms with Crippen LogP contribution in [-0.2, 0) is 9.63 Å². The van der Waals surface area contributed by atoms with E-state index in [-0.39, 0.29) is 17.9 Å². The van der Waals surface area contributed by atoms with E-state index in [9.17, 15) is 9.59 Å². The summed E-state index contributed by atoms with van der Waals surface area (Å²) < 4.78 is 0. The maximum atomic E-state index is 12.8. The minimum Gasteiger partial charge on any atom is -0.385 e. The van der Waals surface area contributed by atoms with Crippen molar-refractivity contribution in [3.8, 4) is 0 Å². The molecule has 1 unspecified atom stereocenters. The summed E-state index contributed by atoms with van der Waals surface area (Å²) in [7, 11) is 0. The molecule has 35 heavy (non-hydrogen) atoms. The van der Waals surface area contributed by atoms with Crippen LogP contribution < -0.4 is 5.32 Å². The molecular weight excluding hydrogens is 444 g/mol. The SMILES string of the molecule is CC(=O)N1CCN(C(=O)c2ccc(Nc3nccc(C4CC(c5ccccc5)=NO4)n3)cc2)CC1. The number of rotatable bonds is 5. The van der Waals surface area contributed by atoms with Gasteiger partial charge in [-0.1, -0.05) is 35.5 Å². The summed E-state index contributed by atoms with van der Waals surface area (Å²) in [5.74, 6) is 0.451. The Hall–Kier alpha value is -4.27. The zero-order chi connectivity index (χ0) is 24.2. The Kier molecular flexibility index (Phi) is 6.38. The second kappa shape index (κ2) is 9.92. The molecule has 0 aliphatic carbocycles. The lowest BCUT2D eigenvalue weighted by Gasteiger charge is -2.34. The number of benzene rings is 2. The first kappa shape index (κ1) is 22.5. The van der Waals surface area contributed by atoms with Crippen molar-refractivity contribution in [1.29, 1.82) is 0 Å². The topological polar surface area (TPSA) is 100 Å². The third-order valence-electron chi connectivity index (χ3n) is 6.18. The van der Waals surface area contributed by atoms with Crippen LogP contribution in [0.4, 0.5) is 11.6 Å². The fraction of sp³-hybridized carbons (Fsp3) is 0.269. The third kappa shape index (κ3) is 5.13. The normalized spacial score (nSPS) is 17.5. The Morgan fingerprint density at radius 3 is 2.37 bits per heavy atom. The fourth-order valence-corrected chi connectivity index (χ4v) is 4.18. The van der Waals surface area contributed by atoms with E-state index in [0.29, 0.717) is 44.1 Å². The minimum absolute atomic E-state index is 0.0365. The molecule has 9 nitrogen and oxygen atoms in total. The van der Waals surface area contributed by atoms with E-state index < -0.39 is 0 Å². The highest BCUT2D eigenvalue weighted by Gasteiger charge is 2.26. The van der Waals surface area contributed by atoms with Gasteiger partial charge in [0, 0.05) is 57.0 Å². The van der Waals surface area contributed by atoms with E-state index in [4.69, 9.17) is 4.84 Å². The van der Waals surface area contributed by atoms with Gasteiger partial charge in [0.25, 0.3) is 5.91 Å². The van der Waals surface area contributed by atoms with Crippen LogP contribution in [0.1, 0.15) is 41.1 Å². The zero-order valence-electron chi connectivity index (χ0n) is 19.4. The van der Waals surface area contributed by atoms with Crippen LogP contribution in [0.25, 0.3) is 0 Å². The number of nitrogens with zero attached hydrogens (tertiary/aromatic N) is 5. The van der Waals surface area contributed by atoms with E-state index in [1.807, 2.05) is 48.5 Å². The fourth-order valence-electron chi connectivity index (χ4n) is 4.18. The van der Waals surface area contributed by atoms with E-state index >= 15 is 0 Å². The molecule has 3 heterocycles. The molecule has 2 amide bonds. The van der Waals surface area contributed by atoms with Gasteiger partial charge in [-0.2, -0.15) is 0 Å². The van der Waals surface area contributed by atoms with E-state index in [2.05, 4.69) is 20.4 Å². The van der Waals surface area contributed by atoms with Gasteiger partial charge >= 0.3 is 0 Å². The van der Waals surface area contributed by atoms with Crippen LogP contribution in [0.3, 0.4) is 0 Å². The van der Waals surface area contributed by atoms with Crippen molar-refractivity contribution in [2.75, 3.05) is 31.5 Å². The van der Waals surface area contributed by atoms with Crippen LogP contribution >= 0.6 is 0 Å². The first-order valence-corrected chi connectivity index (χ1v) is 11.6. The monoisotopic (exact) mass is 470 g/mol. The van der Waals surface area contributed by atoms with Gasteiger partial charge in [-0.25, -0.2) is 9.97 Å². The maximum absolute atomic E-state index is 12.8. The average molecular weight is 471 g/mol. The highest BCUT2D eigenvalue weighted by molar-refractivity contribution is 6.01. The van der Waals surface area contributed by atoms with Crippen LogP contribution in [-0.4, -0.2) is 63.5 Å². The summed E-state index contributed by atoms with van der Waals surface area (Å²) in [6, 6.07) is 19.0. The molecule has 9 heteroatoms. The summed E-state index contributed by atoms with van der Waals surface area (Å²) in [6.45, 7) is 3.77. The molecule has 0 spiro atoms. The molecule has 5 rings (SSSR count). The molecule has 0 saturated carbocycles. The number of hydrogen-bond acceptors (Lipinski definition) is 7. The van der Waals surface area contributed by atoms with Gasteiger partial charge in [0.15, 0.2) is 6.10 Å². The van der Waals surface area contributed by atoms with Gasteiger partial charge in [0.05, 0.1) is 11.4 Å². The molecule has 2 aliphatic rings. The first-order valence-electron chi connectivity index (χ1n) is 11.6. The summed E-state index contributed by atoms with van der Waals surface area (Å²) in [6.07, 6.45) is 2.06. The Morgan fingerprint density at radius 2 is 1.66 bits per heavy atom. The second-order valence-corrected chi connectivity index (χ2v) is 8.51. The predicted molar refractivity (Wildman–Crippen MR) is 131 cm³/mol. The van der Waals surface area contributed by atoms with Crippen LogP contribution in [0.2, 0.25) is 0 Å². The maximum Gasteiger partial charge on any atom is 0.253 e. The van der Waals surface area contributed by atoms with E-state index in [1.54, 1.807) is 35.1 Å². The molecule has 2 aliphatic heterocycles. The number of aromatic nitrogens is 2. The Balaban J connectivity index is 1.19. The molecule has 1 saturated heterocycles. The minimum atomic E-state index is -0.266. The van der Waals surface area contributed by atoms with Crippen LogP contribution in [0.15, 0.2) is 72.0 Å². The first-order chi connectivity index (χ1) is 17.1. The molecular formula is C26H26N6O3. The molecule has 1 fully saturated rings. The van der Waals surface area contributed by atoms with Gasteiger partial charge in [0.1, 0.15) is 0 Å². The van der Waals surface area contributed by atoms with Crippen LogP contribution in [0, 0.1) is 0 Å². The molecule has 2 aromatic carbocycles. The van der Waals surface area contributed by atoms with Gasteiger partial charge in [-0.05, 0) is 35.9 Å². The molecule has 0 radical (unpaired) electrons. The van der Waals surface area contributed by atoms with Gasteiger partial charge in [0.2, 0.25) is 11.9 Å². The Morgan fingerprint density at radius 1 is 0.943 bits per heavy atom. The van der Waals surface area contributed by atoms with E-state index in [0.717, 1.165) is 22.7 Å². The highest BCUT2D eigenvalue weighted by atomic mass is 16.6. The number of amides is 2. The molecule has 178 valence electrons. The van der Waals surface area contributed by atoms with Crippen molar-refractivity contribution in [3.63, 3.8) is 0 Å². The van der Waals surface area contributed by atoms with Gasteiger partial charge in [-0.15, -0.1) is 0 Å². The number of oxime groups is 1. The van der Waals surface area contributed by atoms with Gasteiger partial charge in [-0.3, -0.25) is 9.59 Å². The average Bonchev–Trinajstić information content (AvgIpc) is 3.40.